The summed E-state index contributed by atoms with van der Waals surface area (Å²) in [4.78, 5) is 4.24. The molecule has 0 unspecified atom stereocenters. The van der Waals surface area contributed by atoms with E-state index in [1.54, 1.807) is 17.0 Å². The molecule has 120 valence electrons. The molecule has 1 N–H and O–H groups in total. The monoisotopic (exact) mass is 319 g/mol. The number of alkyl halides is 3. The number of hydrogen-bond acceptors (Lipinski definition) is 2. The zero-order chi connectivity index (χ0) is 16.6. The molecule has 1 heterocycles. The molecule has 0 aliphatic carbocycles. The molecule has 0 saturated heterocycles. The van der Waals surface area contributed by atoms with Crippen LogP contribution in [0.1, 0.15) is 19.4 Å². The second kappa shape index (κ2) is 5.61. The lowest BCUT2D eigenvalue weighted by atomic mass is 10.1. The van der Waals surface area contributed by atoms with Gasteiger partial charge in [0.05, 0.1) is 16.6 Å². The summed E-state index contributed by atoms with van der Waals surface area (Å²) in [6.45, 7) is 3.76. The molecular weight excluding hydrogens is 303 g/mol. The van der Waals surface area contributed by atoms with Crippen LogP contribution in [0.25, 0.3) is 16.7 Å². The summed E-state index contributed by atoms with van der Waals surface area (Å²) in [5, 5.41) is 3.03. The molecule has 23 heavy (non-hydrogen) atoms. The first-order chi connectivity index (χ1) is 10.8. The highest BCUT2D eigenvalue weighted by Gasteiger charge is 2.31. The zero-order valence-corrected chi connectivity index (χ0v) is 12.7. The van der Waals surface area contributed by atoms with E-state index in [0.29, 0.717) is 11.4 Å². The van der Waals surface area contributed by atoms with Crippen LogP contribution in [-0.4, -0.2) is 15.6 Å². The quantitative estimate of drug-likeness (QED) is 0.747. The fraction of sp³-hybridized carbons (Fsp3) is 0.235. The molecule has 0 fully saturated rings. The van der Waals surface area contributed by atoms with Crippen molar-refractivity contribution < 1.29 is 13.2 Å². The van der Waals surface area contributed by atoms with Crippen molar-refractivity contribution in [1.82, 2.24) is 9.55 Å². The van der Waals surface area contributed by atoms with Crippen LogP contribution in [0.3, 0.4) is 0 Å². The van der Waals surface area contributed by atoms with E-state index in [0.717, 1.165) is 23.2 Å². The van der Waals surface area contributed by atoms with E-state index in [4.69, 9.17) is 0 Å². The van der Waals surface area contributed by atoms with Gasteiger partial charge in [-0.1, -0.05) is 12.1 Å². The largest absolute Gasteiger partial charge is 0.416 e. The van der Waals surface area contributed by atoms with Gasteiger partial charge in [-0.15, -0.1) is 0 Å². The van der Waals surface area contributed by atoms with E-state index in [9.17, 15) is 13.2 Å². The maximum atomic E-state index is 13.2. The number of anilines is 1. The minimum Gasteiger partial charge on any atom is -0.383 e. The summed E-state index contributed by atoms with van der Waals surface area (Å²) >= 11 is 0. The third-order valence-corrected chi connectivity index (χ3v) is 3.43. The molecule has 3 nitrogen and oxygen atoms in total. The highest BCUT2D eigenvalue weighted by Crippen LogP contribution is 2.33. The average molecular weight is 319 g/mol. The maximum Gasteiger partial charge on any atom is 0.416 e. The molecule has 0 atom stereocenters. The van der Waals surface area contributed by atoms with E-state index >= 15 is 0 Å². The number of fused-ring (bicyclic) bond motifs is 1. The first-order valence-electron chi connectivity index (χ1n) is 7.26. The van der Waals surface area contributed by atoms with Crippen molar-refractivity contribution >= 4 is 16.7 Å². The van der Waals surface area contributed by atoms with Gasteiger partial charge in [0.2, 0.25) is 0 Å². The second-order valence-electron chi connectivity index (χ2n) is 5.67. The van der Waals surface area contributed by atoms with Crippen molar-refractivity contribution in [3.05, 3.63) is 54.4 Å². The van der Waals surface area contributed by atoms with Gasteiger partial charge in [0, 0.05) is 17.4 Å². The molecule has 0 amide bonds. The molecule has 3 aromatic rings. The van der Waals surface area contributed by atoms with Crippen molar-refractivity contribution in [1.29, 1.82) is 0 Å². The Morgan fingerprint density at radius 1 is 1.09 bits per heavy atom. The first kappa shape index (κ1) is 15.4. The molecule has 0 aliphatic heterocycles. The SMILES string of the molecule is CC(C)Nc1cc(-n2cnc3ccccc32)cc(C(F)(F)F)c1. The van der Waals surface area contributed by atoms with Crippen LogP contribution in [0.15, 0.2) is 48.8 Å². The first-order valence-corrected chi connectivity index (χ1v) is 7.26. The normalized spacial score (nSPS) is 12.1. The number of para-hydroxylation sites is 2. The van der Waals surface area contributed by atoms with Gasteiger partial charge in [0.25, 0.3) is 0 Å². The molecule has 0 radical (unpaired) electrons. The van der Waals surface area contributed by atoms with Gasteiger partial charge in [-0.2, -0.15) is 13.2 Å². The van der Waals surface area contributed by atoms with Gasteiger partial charge >= 0.3 is 6.18 Å². The minimum absolute atomic E-state index is 0.0332. The maximum absolute atomic E-state index is 13.2. The van der Waals surface area contributed by atoms with E-state index in [2.05, 4.69) is 10.3 Å². The van der Waals surface area contributed by atoms with Crippen LogP contribution in [-0.2, 0) is 6.18 Å². The molecule has 0 bridgehead atoms. The topological polar surface area (TPSA) is 29.9 Å². The molecule has 0 aliphatic rings. The van der Waals surface area contributed by atoms with E-state index in [1.165, 1.54) is 0 Å². The van der Waals surface area contributed by atoms with Crippen molar-refractivity contribution in [2.24, 2.45) is 0 Å². The fourth-order valence-corrected chi connectivity index (χ4v) is 2.50. The highest BCUT2D eigenvalue weighted by molar-refractivity contribution is 5.77. The van der Waals surface area contributed by atoms with Crippen LogP contribution in [0, 0.1) is 0 Å². The number of nitrogens with one attached hydrogen (secondary N) is 1. The molecule has 1 aromatic heterocycles. The standard InChI is InChI=1S/C17H16F3N3/c1-11(2)22-13-7-12(17(18,19)20)8-14(9-13)23-10-21-15-5-3-4-6-16(15)23/h3-11,22H,1-2H3. The van der Waals surface area contributed by atoms with Crippen LogP contribution >= 0.6 is 0 Å². The van der Waals surface area contributed by atoms with Crippen LogP contribution in [0.5, 0.6) is 0 Å². The van der Waals surface area contributed by atoms with Crippen LogP contribution < -0.4 is 5.32 Å². The third kappa shape index (κ3) is 3.16. The van der Waals surface area contributed by atoms with Crippen molar-refractivity contribution in [3.8, 4) is 5.69 Å². The predicted molar refractivity (Wildman–Crippen MR) is 84.8 cm³/mol. The number of aromatic nitrogens is 2. The van der Waals surface area contributed by atoms with Gasteiger partial charge in [-0.05, 0) is 44.2 Å². The van der Waals surface area contributed by atoms with Crippen LogP contribution in [0.2, 0.25) is 0 Å². The van der Waals surface area contributed by atoms with Gasteiger partial charge in [0.1, 0.15) is 6.33 Å². The molecule has 0 saturated carbocycles. The van der Waals surface area contributed by atoms with E-state index in [-0.39, 0.29) is 6.04 Å². The van der Waals surface area contributed by atoms with Crippen LogP contribution in [0.4, 0.5) is 18.9 Å². The number of hydrogen-bond donors (Lipinski definition) is 1. The Balaban J connectivity index is 2.18. The lowest BCUT2D eigenvalue weighted by molar-refractivity contribution is -0.137. The van der Waals surface area contributed by atoms with Gasteiger partial charge < -0.3 is 5.32 Å². The summed E-state index contributed by atoms with van der Waals surface area (Å²) in [5.74, 6) is 0. The Hall–Kier alpha value is -2.50. The summed E-state index contributed by atoms with van der Waals surface area (Å²) in [7, 11) is 0. The van der Waals surface area contributed by atoms with Crippen molar-refractivity contribution in [2.75, 3.05) is 5.32 Å². The van der Waals surface area contributed by atoms with Crippen molar-refractivity contribution in [2.45, 2.75) is 26.1 Å². The molecule has 6 heteroatoms. The fourth-order valence-electron chi connectivity index (χ4n) is 2.50. The Bertz CT molecular complexity index is 834. The lowest BCUT2D eigenvalue weighted by Crippen LogP contribution is -2.12. The zero-order valence-electron chi connectivity index (χ0n) is 12.7. The third-order valence-electron chi connectivity index (χ3n) is 3.43. The molecular formula is C17H16F3N3. The Labute approximate surface area is 131 Å². The number of imidazole rings is 1. The average Bonchev–Trinajstić information content (AvgIpc) is 2.89. The predicted octanol–water partition coefficient (Wildman–Crippen LogP) is 4.86. The smallest absolute Gasteiger partial charge is 0.383 e. The summed E-state index contributed by atoms with van der Waals surface area (Å²) in [6.07, 6.45) is -2.86. The number of halogens is 3. The van der Waals surface area contributed by atoms with Gasteiger partial charge in [-0.25, -0.2) is 4.98 Å². The summed E-state index contributed by atoms with van der Waals surface area (Å²) in [6, 6.07) is 11.3. The Morgan fingerprint density at radius 3 is 2.52 bits per heavy atom. The van der Waals surface area contributed by atoms with Gasteiger partial charge in [0.15, 0.2) is 0 Å². The Kier molecular flexibility index (Phi) is 3.75. The summed E-state index contributed by atoms with van der Waals surface area (Å²) in [5.41, 5.74) is 1.68. The number of nitrogens with zero attached hydrogens (tertiary/aromatic N) is 2. The van der Waals surface area contributed by atoms with E-state index in [1.807, 2.05) is 38.1 Å². The molecule has 3 rings (SSSR count). The van der Waals surface area contributed by atoms with Crippen molar-refractivity contribution in [3.63, 3.8) is 0 Å². The molecule has 0 spiro atoms. The van der Waals surface area contributed by atoms with Gasteiger partial charge in [-0.3, -0.25) is 4.57 Å². The minimum atomic E-state index is -4.40. The number of benzene rings is 2. The summed E-state index contributed by atoms with van der Waals surface area (Å²) < 4.78 is 41.2. The Morgan fingerprint density at radius 2 is 1.83 bits per heavy atom. The lowest BCUT2D eigenvalue weighted by Gasteiger charge is -2.16. The second-order valence-corrected chi connectivity index (χ2v) is 5.67. The number of rotatable bonds is 3. The molecule has 2 aromatic carbocycles. The highest BCUT2D eigenvalue weighted by atomic mass is 19.4. The van der Waals surface area contributed by atoms with E-state index < -0.39 is 11.7 Å².